The number of hydrogen-bond acceptors (Lipinski definition) is 2. The predicted octanol–water partition coefficient (Wildman–Crippen LogP) is 3.96. The molecular weight excluding hydrogens is 457 g/mol. The first-order valence-electron chi connectivity index (χ1n) is 9.44. The van der Waals surface area contributed by atoms with Crippen LogP contribution in [0.15, 0.2) is 29.3 Å². The van der Waals surface area contributed by atoms with Crippen molar-refractivity contribution in [1.82, 2.24) is 10.6 Å². The van der Waals surface area contributed by atoms with Crippen LogP contribution in [0.3, 0.4) is 0 Å². The van der Waals surface area contributed by atoms with Crippen LogP contribution in [0, 0.1) is 6.92 Å². The minimum absolute atomic E-state index is 0. The Kier molecular flexibility index (Phi) is 10.8. The second-order valence-corrected chi connectivity index (χ2v) is 9.07. The molecule has 1 fully saturated rings. The molecule has 0 heterocycles. The fourth-order valence-corrected chi connectivity index (χ4v) is 4.75. The lowest BCUT2D eigenvalue weighted by molar-refractivity contribution is 0.413. The Morgan fingerprint density at radius 3 is 2.62 bits per heavy atom. The van der Waals surface area contributed by atoms with E-state index < -0.39 is 10.8 Å². The summed E-state index contributed by atoms with van der Waals surface area (Å²) in [5.74, 6) is 2.04. The summed E-state index contributed by atoms with van der Waals surface area (Å²) >= 11 is 0. The summed E-state index contributed by atoms with van der Waals surface area (Å²) in [5, 5.41) is 7.32. The number of nitrogens with zero attached hydrogens (tertiary/aromatic N) is 1. The maximum atomic E-state index is 12.1. The summed E-state index contributed by atoms with van der Waals surface area (Å²) < 4.78 is 12.1. The van der Waals surface area contributed by atoms with Crippen molar-refractivity contribution in [1.29, 1.82) is 0 Å². The minimum atomic E-state index is -0.689. The molecule has 0 aliphatic heterocycles. The van der Waals surface area contributed by atoms with Crippen LogP contribution in [0.5, 0.6) is 0 Å². The van der Waals surface area contributed by atoms with E-state index in [0.717, 1.165) is 43.9 Å². The number of benzene rings is 1. The molecule has 0 radical (unpaired) electrons. The highest BCUT2D eigenvalue weighted by Gasteiger charge is 2.26. The highest BCUT2D eigenvalue weighted by atomic mass is 127. The summed E-state index contributed by atoms with van der Waals surface area (Å²) in [6.07, 6.45) is 4.35. The Hall–Kier alpha value is -0.630. The molecule has 1 aromatic carbocycles. The molecule has 2 rings (SSSR count). The van der Waals surface area contributed by atoms with Gasteiger partial charge in [-0.05, 0) is 37.7 Å². The summed E-state index contributed by atoms with van der Waals surface area (Å²) in [6, 6.07) is 9.09. The van der Waals surface area contributed by atoms with E-state index in [-0.39, 0.29) is 24.0 Å². The van der Waals surface area contributed by atoms with Crippen LogP contribution < -0.4 is 10.6 Å². The molecule has 1 aliphatic rings. The molecule has 2 N–H and O–H groups in total. The Bertz CT molecular complexity index is 591. The predicted molar refractivity (Wildman–Crippen MR) is 124 cm³/mol. The van der Waals surface area contributed by atoms with Gasteiger partial charge in [0.05, 0.1) is 0 Å². The summed E-state index contributed by atoms with van der Waals surface area (Å²) in [7, 11) is 1.13. The number of aryl methyl sites for hydroxylation is 1. The van der Waals surface area contributed by atoms with Crippen LogP contribution in [-0.4, -0.2) is 40.8 Å². The summed E-state index contributed by atoms with van der Waals surface area (Å²) in [4.78, 5) is 4.37. The maximum Gasteiger partial charge on any atom is 0.191 e. The number of nitrogens with one attached hydrogen (secondary N) is 2. The average Bonchev–Trinajstić information content (AvgIpc) is 2.64. The van der Waals surface area contributed by atoms with Crippen molar-refractivity contribution in [2.24, 2.45) is 4.99 Å². The van der Waals surface area contributed by atoms with Gasteiger partial charge in [0.1, 0.15) is 0 Å². The van der Waals surface area contributed by atoms with Crippen molar-refractivity contribution in [2.75, 3.05) is 19.3 Å². The average molecular weight is 491 g/mol. The second-order valence-electron chi connectivity index (χ2n) is 7.06. The molecule has 4 atom stereocenters. The van der Waals surface area contributed by atoms with Crippen molar-refractivity contribution < 1.29 is 4.21 Å². The molecule has 1 aromatic rings. The third-order valence-corrected chi connectivity index (χ3v) is 6.81. The van der Waals surface area contributed by atoms with Gasteiger partial charge in [-0.15, -0.1) is 24.0 Å². The van der Waals surface area contributed by atoms with Crippen LogP contribution in [0.4, 0.5) is 0 Å². The molecule has 0 saturated heterocycles. The van der Waals surface area contributed by atoms with E-state index in [1.54, 1.807) is 0 Å². The van der Waals surface area contributed by atoms with Crippen LogP contribution in [0.1, 0.15) is 56.6 Å². The first-order valence-corrected chi connectivity index (χ1v) is 10.8. The summed E-state index contributed by atoms with van der Waals surface area (Å²) in [6.45, 7) is 7.20. The Balaban J connectivity index is 0.00000338. The van der Waals surface area contributed by atoms with E-state index in [1.807, 2.05) is 14.0 Å². The Morgan fingerprint density at radius 2 is 2.00 bits per heavy atom. The molecule has 1 saturated carbocycles. The highest BCUT2D eigenvalue weighted by molar-refractivity contribution is 14.0. The standard InChI is InChI=1S/C20H33N3OS.HI/c1-5-25(24)19-8-6-7-18(13-19)23-20(21-4)22-14-16(3)17-11-9-15(2)10-12-17;/h9-12,16,18-19H,5-8,13-14H2,1-4H3,(H2,21,22,23);1H. The number of rotatable bonds is 6. The van der Waals surface area contributed by atoms with Gasteiger partial charge in [-0.1, -0.05) is 50.1 Å². The normalized spacial score (nSPS) is 22.8. The molecular formula is C20H34IN3OS. The third-order valence-electron chi connectivity index (χ3n) is 5.07. The lowest BCUT2D eigenvalue weighted by atomic mass is 9.95. The zero-order valence-corrected chi connectivity index (χ0v) is 19.6. The molecule has 0 bridgehead atoms. The molecule has 148 valence electrons. The molecule has 1 aliphatic carbocycles. The van der Waals surface area contributed by atoms with Crippen LogP contribution >= 0.6 is 24.0 Å². The van der Waals surface area contributed by atoms with Gasteiger partial charge in [-0.2, -0.15) is 0 Å². The fraction of sp³-hybridized carbons (Fsp3) is 0.650. The van der Waals surface area contributed by atoms with E-state index in [2.05, 4.69) is 53.7 Å². The zero-order valence-electron chi connectivity index (χ0n) is 16.5. The van der Waals surface area contributed by atoms with Crippen molar-refractivity contribution in [3.05, 3.63) is 35.4 Å². The van der Waals surface area contributed by atoms with E-state index in [4.69, 9.17) is 0 Å². The van der Waals surface area contributed by atoms with Gasteiger partial charge in [-0.3, -0.25) is 9.20 Å². The number of hydrogen-bond donors (Lipinski definition) is 2. The van der Waals surface area contributed by atoms with Crippen LogP contribution in [-0.2, 0) is 10.8 Å². The van der Waals surface area contributed by atoms with Crippen molar-refractivity contribution >= 4 is 40.7 Å². The molecule has 6 heteroatoms. The zero-order chi connectivity index (χ0) is 18.2. The second kappa shape index (κ2) is 12.0. The lowest BCUT2D eigenvalue weighted by Gasteiger charge is -2.30. The summed E-state index contributed by atoms with van der Waals surface area (Å²) in [5.41, 5.74) is 2.63. The fourth-order valence-electron chi connectivity index (χ4n) is 3.40. The Labute approximate surface area is 178 Å². The first kappa shape index (κ1) is 23.4. The lowest BCUT2D eigenvalue weighted by Crippen LogP contribution is -2.47. The molecule has 4 unspecified atom stereocenters. The minimum Gasteiger partial charge on any atom is -0.356 e. The van der Waals surface area contributed by atoms with Gasteiger partial charge in [0.15, 0.2) is 5.96 Å². The van der Waals surface area contributed by atoms with Gasteiger partial charge in [-0.25, -0.2) is 0 Å². The number of aliphatic imine (C=N–C) groups is 1. The highest BCUT2D eigenvalue weighted by Crippen LogP contribution is 2.23. The van der Waals surface area contributed by atoms with E-state index in [9.17, 15) is 4.21 Å². The quantitative estimate of drug-likeness (QED) is 0.360. The molecule has 26 heavy (non-hydrogen) atoms. The Morgan fingerprint density at radius 1 is 1.31 bits per heavy atom. The van der Waals surface area contributed by atoms with E-state index in [1.165, 1.54) is 11.1 Å². The molecule has 0 amide bonds. The van der Waals surface area contributed by atoms with Crippen molar-refractivity contribution in [3.8, 4) is 0 Å². The van der Waals surface area contributed by atoms with Gasteiger partial charge in [0.2, 0.25) is 0 Å². The number of halogens is 1. The van der Waals surface area contributed by atoms with Gasteiger partial charge in [0.25, 0.3) is 0 Å². The van der Waals surface area contributed by atoms with Crippen molar-refractivity contribution in [2.45, 2.75) is 63.7 Å². The van der Waals surface area contributed by atoms with Crippen LogP contribution in [0.2, 0.25) is 0 Å². The number of guanidine groups is 1. The molecule has 4 nitrogen and oxygen atoms in total. The largest absolute Gasteiger partial charge is 0.356 e. The van der Waals surface area contributed by atoms with E-state index >= 15 is 0 Å². The van der Waals surface area contributed by atoms with Gasteiger partial charge >= 0.3 is 0 Å². The van der Waals surface area contributed by atoms with E-state index in [0.29, 0.717) is 17.2 Å². The van der Waals surface area contributed by atoms with Crippen molar-refractivity contribution in [3.63, 3.8) is 0 Å². The topological polar surface area (TPSA) is 53.5 Å². The first-order chi connectivity index (χ1) is 12.0. The SMILES string of the molecule is CCS(=O)C1CCCC(NC(=NC)NCC(C)c2ccc(C)cc2)C1.I. The maximum absolute atomic E-state index is 12.1. The molecule has 0 aromatic heterocycles. The molecule has 0 spiro atoms. The van der Waals surface area contributed by atoms with Crippen LogP contribution in [0.25, 0.3) is 0 Å². The smallest absolute Gasteiger partial charge is 0.191 e. The monoisotopic (exact) mass is 491 g/mol. The van der Waals surface area contributed by atoms with Gasteiger partial charge in [0, 0.05) is 41.4 Å². The van der Waals surface area contributed by atoms with Gasteiger partial charge < -0.3 is 10.6 Å². The third kappa shape index (κ3) is 7.18.